The van der Waals surface area contributed by atoms with Gasteiger partial charge >= 0.3 is 5.97 Å². The van der Waals surface area contributed by atoms with Gasteiger partial charge in [0.1, 0.15) is 5.52 Å². The van der Waals surface area contributed by atoms with Crippen molar-refractivity contribution in [2.24, 2.45) is 23.2 Å². The Balaban J connectivity index is 1.27. The molecule has 1 aromatic carbocycles. The van der Waals surface area contributed by atoms with Crippen molar-refractivity contribution in [3.05, 3.63) is 23.8 Å². The van der Waals surface area contributed by atoms with Gasteiger partial charge in [0, 0.05) is 12.0 Å². The summed E-state index contributed by atoms with van der Waals surface area (Å²) in [7, 11) is 0. The molecule has 6 rings (SSSR count). The highest BCUT2D eigenvalue weighted by molar-refractivity contribution is 5.95. The van der Waals surface area contributed by atoms with E-state index < -0.39 is 5.97 Å². The minimum atomic E-state index is -0.457. The summed E-state index contributed by atoms with van der Waals surface area (Å²) in [5.74, 6) is 1.80. The number of Topliss-reactive ketones (excluding diaryl/α,β-unsaturated/α-hetero) is 1. The maximum absolute atomic E-state index is 13.0. The third-order valence-electron chi connectivity index (χ3n) is 7.01. The zero-order chi connectivity index (χ0) is 18.6. The van der Waals surface area contributed by atoms with Crippen molar-refractivity contribution in [3.63, 3.8) is 0 Å². The highest BCUT2D eigenvalue weighted by atomic mass is 16.5. The molecule has 2 aromatic rings. The number of fused-ring (bicyclic) bond motifs is 1. The number of rotatable bonds is 5. The molecule has 0 radical (unpaired) electrons. The third kappa shape index (κ3) is 2.77. The SMILES string of the molecule is CCn1nnc2cc(C(=O)OCC(=O)C34CC5CC(CC(C5)C3)C4)ccc21. The number of aromatic nitrogens is 3. The van der Waals surface area contributed by atoms with Gasteiger partial charge in [0.25, 0.3) is 0 Å². The minimum Gasteiger partial charge on any atom is -0.454 e. The smallest absolute Gasteiger partial charge is 0.338 e. The van der Waals surface area contributed by atoms with Gasteiger partial charge in [-0.3, -0.25) is 4.79 Å². The van der Waals surface area contributed by atoms with Gasteiger partial charge in [-0.05, 0) is 81.4 Å². The number of nitrogens with zero attached hydrogens (tertiary/aromatic N) is 3. The maximum atomic E-state index is 13.0. The maximum Gasteiger partial charge on any atom is 0.338 e. The largest absolute Gasteiger partial charge is 0.454 e. The molecule has 0 amide bonds. The molecule has 4 fully saturated rings. The van der Waals surface area contributed by atoms with Gasteiger partial charge in [-0.1, -0.05) is 5.21 Å². The first-order valence-electron chi connectivity index (χ1n) is 10.1. The monoisotopic (exact) mass is 367 g/mol. The van der Waals surface area contributed by atoms with Gasteiger partial charge in [0.2, 0.25) is 0 Å². The van der Waals surface area contributed by atoms with Crippen LogP contribution in [0.25, 0.3) is 11.0 Å². The van der Waals surface area contributed by atoms with E-state index in [1.165, 1.54) is 19.3 Å². The lowest BCUT2D eigenvalue weighted by Gasteiger charge is -2.55. The van der Waals surface area contributed by atoms with Gasteiger partial charge < -0.3 is 4.74 Å². The van der Waals surface area contributed by atoms with E-state index in [2.05, 4.69) is 10.3 Å². The molecule has 27 heavy (non-hydrogen) atoms. The predicted molar refractivity (Wildman–Crippen MR) is 99.1 cm³/mol. The predicted octanol–water partition coefficient (Wildman–Crippen LogP) is 3.39. The molecule has 0 unspecified atom stereocenters. The average Bonchev–Trinajstić information content (AvgIpc) is 3.07. The van der Waals surface area contributed by atoms with Crippen LogP contribution < -0.4 is 0 Å². The number of ketones is 1. The Hall–Kier alpha value is -2.24. The summed E-state index contributed by atoms with van der Waals surface area (Å²) < 4.78 is 7.20. The van der Waals surface area contributed by atoms with Crippen LogP contribution >= 0.6 is 0 Å². The van der Waals surface area contributed by atoms with Gasteiger partial charge in [-0.25, -0.2) is 9.48 Å². The molecule has 6 nitrogen and oxygen atoms in total. The number of esters is 1. The first kappa shape index (κ1) is 16.9. The van der Waals surface area contributed by atoms with Crippen LogP contribution in [0, 0.1) is 23.2 Å². The number of aryl methyl sites for hydroxylation is 1. The van der Waals surface area contributed by atoms with Crippen molar-refractivity contribution < 1.29 is 14.3 Å². The average molecular weight is 367 g/mol. The highest BCUT2D eigenvalue weighted by Gasteiger charge is 2.54. The van der Waals surface area contributed by atoms with Crippen LogP contribution in [0.2, 0.25) is 0 Å². The lowest BCUT2D eigenvalue weighted by Crippen LogP contribution is -2.51. The van der Waals surface area contributed by atoms with Crippen LogP contribution in [0.1, 0.15) is 55.8 Å². The number of hydrogen-bond donors (Lipinski definition) is 0. The summed E-state index contributed by atoms with van der Waals surface area (Å²) in [6.07, 6.45) is 6.89. The topological polar surface area (TPSA) is 74.1 Å². The van der Waals surface area contributed by atoms with Crippen LogP contribution in [0.3, 0.4) is 0 Å². The van der Waals surface area contributed by atoms with Crippen LogP contribution in [-0.2, 0) is 16.1 Å². The lowest BCUT2D eigenvalue weighted by molar-refractivity contribution is -0.147. The van der Waals surface area contributed by atoms with Crippen LogP contribution in [0.5, 0.6) is 0 Å². The molecule has 4 aliphatic rings. The molecule has 0 atom stereocenters. The molecule has 0 N–H and O–H groups in total. The molecule has 4 saturated carbocycles. The van der Waals surface area contributed by atoms with E-state index in [1.54, 1.807) is 16.8 Å². The van der Waals surface area contributed by atoms with E-state index in [1.807, 2.05) is 13.0 Å². The van der Waals surface area contributed by atoms with Crippen molar-refractivity contribution in [1.82, 2.24) is 15.0 Å². The lowest BCUT2D eigenvalue weighted by atomic mass is 9.48. The molecule has 142 valence electrons. The van der Waals surface area contributed by atoms with Gasteiger partial charge in [-0.2, -0.15) is 0 Å². The summed E-state index contributed by atoms with van der Waals surface area (Å²) in [6, 6.07) is 5.23. The zero-order valence-corrected chi connectivity index (χ0v) is 15.7. The van der Waals surface area contributed by atoms with Crippen molar-refractivity contribution >= 4 is 22.8 Å². The number of carbonyl (C=O) groups is 2. The first-order chi connectivity index (χ1) is 13.1. The quantitative estimate of drug-likeness (QED) is 0.757. The molecular formula is C21H25N3O3. The molecule has 1 aromatic heterocycles. The fourth-order valence-corrected chi connectivity index (χ4v) is 6.15. The molecule has 6 heteroatoms. The van der Waals surface area contributed by atoms with E-state index >= 15 is 0 Å². The molecule has 0 saturated heterocycles. The van der Waals surface area contributed by atoms with E-state index in [0.29, 0.717) is 28.8 Å². The van der Waals surface area contributed by atoms with Gasteiger partial charge in [0.15, 0.2) is 12.4 Å². The van der Waals surface area contributed by atoms with Crippen LogP contribution in [0.15, 0.2) is 18.2 Å². The highest BCUT2D eigenvalue weighted by Crippen LogP contribution is 2.60. The zero-order valence-electron chi connectivity index (χ0n) is 15.7. The van der Waals surface area contributed by atoms with Crippen molar-refractivity contribution in [3.8, 4) is 0 Å². The summed E-state index contributed by atoms with van der Waals surface area (Å²) in [6.45, 7) is 2.61. The standard InChI is InChI=1S/C21H25N3O3/c1-2-24-18-4-3-16(8-17(18)22-23-24)20(26)27-12-19(25)21-9-13-5-14(10-21)7-15(6-13)11-21/h3-4,8,13-15H,2,5-7,9-12H2,1H3. The van der Waals surface area contributed by atoms with Crippen molar-refractivity contribution in [2.45, 2.75) is 52.0 Å². The molecule has 4 aliphatic carbocycles. The molecule has 1 heterocycles. The number of hydrogen-bond acceptors (Lipinski definition) is 5. The van der Waals surface area contributed by atoms with Gasteiger partial charge in [-0.15, -0.1) is 5.10 Å². The fraction of sp³-hybridized carbons (Fsp3) is 0.619. The Morgan fingerprint density at radius 3 is 2.44 bits per heavy atom. The van der Waals surface area contributed by atoms with Gasteiger partial charge in [0.05, 0.1) is 11.1 Å². The molecule has 4 bridgehead atoms. The normalized spacial score (nSPS) is 31.4. The van der Waals surface area contributed by atoms with Crippen molar-refractivity contribution in [1.29, 1.82) is 0 Å². The minimum absolute atomic E-state index is 0.106. The second kappa shape index (κ2) is 6.14. The summed E-state index contributed by atoms with van der Waals surface area (Å²) >= 11 is 0. The summed E-state index contributed by atoms with van der Waals surface area (Å²) in [5.41, 5.74) is 1.75. The van der Waals surface area contributed by atoms with E-state index in [0.717, 1.165) is 31.3 Å². The number of carbonyl (C=O) groups excluding carboxylic acids is 2. The Morgan fingerprint density at radius 2 is 1.81 bits per heavy atom. The second-order valence-electron chi connectivity index (χ2n) is 8.81. The first-order valence-corrected chi connectivity index (χ1v) is 10.1. The summed E-state index contributed by atoms with van der Waals surface area (Å²) in [5, 5.41) is 8.15. The van der Waals surface area contributed by atoms with E-state index in [-0.39, 0.29) is 17.8 Å². The Bertz CT molecular complexity index is 881. The Kier molecular flexibility index (Phi) is 3.85. The fourth-order valence-electron chi connectivity index (χ4n) is 6.15. The van der Waals surface area contributed by atoms with E-state index in [9.17, 15) is 9.59 Å². The Labute approximate surface area is 158 Å². The Morgan fingerprint density at radius 1 is 1.15 bits per heavy atom. The van der Waals surface area contributed by atoms with Crippen molar-refractivity contribution in [2.75, 3.05) is 6.61 Å². The van der Waals surface area contributed by atoms with Crippen LogP contribution in [0.4, 0.5) is 0 Å². The van der Waals surface area contributed by atoms with E-state index in [4.69, 9.17) is 4.74 Å². The molecule has 0 spiro atoms. The number of benzene rings is 1. The number of ether oxygens (including phenoxy) is 1. The summed E-state index contributed by atoms with van der Waals surface area (Å²) in [4.78, 5) is 25.5. The third-order valence-corrected chi connectivity index (χ3v) is 7.01. The second-order valence-corrected chi connectivity index (χ2v) is 8.81. The molecule has 0 aliphatic heterocycles. The van der Waals surface area contributed by atoms with Crippen LogP contribution in [-0.4, -0.2) is 33.4 Å². The molecular weight excluding hydrogens is 342 g/mol.